The van der Waals surface area contributed by atoms with Gasteiger partial charge >= 0.3 is 5.97 Å². The van der Waals surface area contributed by atoms with E-state index in [2.05, 4.69) is 11.8 Å². The Morgan fingerprint density at radius 3 is 2.85 bits per heavy atom. The van der Waals surface area contributed by atoms with Gasteiger partial charge in [0.1, 0.15) is 6.04 Å². The number of likely N-dealkylation sites (tertiary alicyclic amines) is 1. The van der Waals surface area contributed by atoms with Crippen molar-refractivity contribution in [2.24, 2.45) is 0 Å². The molecule has 0 bridgehead atoms. The lowest BCUT2D eigenvalue weighted by atomic mass is 9.98. The molecule has 1 fully saturated rings. The first-order chi connectivity index (χ1) is 6.16. The van der Waals surface area contributed by atoms with Crippen molar-refractivity contribution < 1.29 is 9.90 Å². The first-order valence-corrected chi connectivity index (χ1v) is 5.15. The number of hydrogen-bond donors (Lipinski definition) is 1. The number of piperidine rings is 1. The van der Waals surface area contributed by atoms with Gasteiger partial charge < -0.3 is 5.11 Å². The Bertz CT molecular complexity index is 182. The first kappa shape index (κ1) is 10.5. The molecule has 1 rings (SSSR count). The third-order valence-electron chi connectivity index (χ3n) is 3.00. The lowest BCUT2D eigenvalue weighted by Gasteiger charge is -2.37. The number of nitrogens with zero attached hydrogens (tertiary/aromatic N) is 1. The van der Waals surface area contributed by atoms with Gasteiger partial charge in [0.05, 0.1) is 0 Å². The Kier molecular flexibility index (Phi) is 3.72. The molecule has 0 aromatic heterocycles. The molecule has 13 heavy (non-hydrogen) atoms. The summed E-state index contributed by atoms with van der Waals surface area (Å²) in [5, 5.41) is 8.91. The molecule has 0 radical (unpaired) electrons. The van der Waals surface area contributed by atoms with E-state index in [1.807, 2.05) is 0 Å². The number of carboxylic acids is 1. The zero-order chi connectivity index (χ0) is 9.84. The highest BCUT2D eigenvalue weighted by atomic mass is 16.4. The molecule has 1 aliphatic heterocycles. The second-order valence-corrected chi connectivity index (χ2v) is 3.81. The fourth-order valence-corrected chi connectivity index (χ4v) is 2.11. The molecule has 0 saturated carbocycles. The zero-order valence-electron chi connectivity index (χ0n) is 8.49. The summed E-state index contributed by atoms with van der Waals surface area (Å²) >= 11 is 0. The van der Waals surface area contributed by atoms with Crippen LogP contribution in [0.5, 0.6) is 0 Å². The highest BCUT2D eigenvalue weighted by Gasteiger charge is 2.28. The number of rotatable bonds is 3. The molecule has 1 heterocycles. The quantitative estimate of drug-likeness (QED) is 0.728. The fourth-order valence-electron chi connectivity index (χ4n) is 2.11. The molecule has 3 nitrogen and oxygen atoms in total. The Morgan fingerprint density at radius 1 is 1.62 bits per heavy atom. The molecule has 3 heteroatoms. The Balaban J connectivity index is 2.58. The van der Waals surface area contributed by atoms with Gasteiger partial charge in [-0.1, -0.05) is 13.3 Å². The van der Waals surface area contributed by atoms with E-state index in [4.69, 9.17) is 5.11 Å². The summed E-state index contributed by atoms with van der Waals surface area (Å²) in [6, 6.07) is 0.171. The summed E-state index contributed by atoms with van der Waals surface area (Å²) < 4.78 is 0. The molecule has 1 aliphatic rings. The Hall–Kier alpha value is -0.570. The van der Waals surface area contributed by atoms with Crippen LogP contribution in [0.15, 0.2) is 0 Å². The third kappa shape index (κ3) is 2.44. The SMILES string of the molecule is CCC1CCCCN1C(C)C(=O)O. The Morgan fingerprint density at radius 2 is 2.31 bits per heavy atom. The summed E-state index contributed by atoms with van der Waals surface area (Å²) in [4.78, 5) is 12.9. The van der Waals surface area contributed by atoms with Crippen LogP contribution >= 0.6 is 0 Å². The van der Waals surface area contributed by atoms with E-state index in [0.717, 1.165) is 25.8 Å². The van der Waals surface area contributed by atoms with Crippen molar-refractivity contribution >= 4 is 5.97 Å². The van der Waals surface area contributed by atoms with Gasteiger partial charge in [0.25, 0.3) is 0 Å². The maximum Gasteiger partial charge on any atom is 0.320 e. The average Bonchev–Trinajstić information content (AvgIpc) is 2.16. The molecular weight excluding hydrogens is 166 g/mol. The maximum absolute atomic E-state index is 10.8. The topological polar surface area (TPSA) is 40.5 Å². The summed E-state index contributed by atoms with van der Waals surface area (Å²) in [7, 11) is 0. The largest absolute Gasteiger partial charge is 0.480 e. The van der Waals surface area contributed by atoms with Gasteiger partial charge in [0.15, 0.2) is 0 Å². The van der Waals surface area contributed by atoms with E-state index < -0.39 is 5.97 Å². The lowest BCUT2D eigenvalue weighted by Crippen LogP contribution is -2.48. The summed E-state index contributed by atoms with van der Waals surface area (Å²) in [5.41, 5.74) is 0. The molecule has 0 aromatic rings. The van der Waals surface area contributed by atoms with E-state index in [-0.39, 0.29) is 6.04 Å². The molecule has 0 amide bonds. The highest BCUT2D eigenvalue weighted by Crippen LogP contribution is 2.21. The summed E-state index contributed by atoms with van der Waals surface area (Å²) in [6.45, 7) is 4.87. The number of aliphatic carboxylic acids is 1. The van der Waals surface area contributed by atoms with Crippen LogP contribution in [0, 0.1) is 0 Å². The van der Waals surface area contributed by atoms with Crippen molar-refractivity contribution in [1.82, 2.24) is 4.90 Å². The van der Waals surface area contributed by atoms with Gasteiger partial charge in [-0.25, -0.2) is 0 Å². The molecule has 0 aromatic carbocycles. The second kappa shape index (κ2) is 4.61. The summed E-state index contributed by atoms with van der Waals surface area (Å²) in [6.07, 6.45) is 4.63. The molecular formula is C10H19NO2. The molecule has 76 valence electrons. The van der Waals surface area contributed by atoms with Crippen molar-refractivity contribution in [1.29, 1.82) is 0 Å². The van der Waals surface area contributed by atoms with Gasteiger partial charge in [-0.15, -0.1) is 0 Å². The maximum atomic E-state index is 10.8. The zero-order valence-corrected chi connectivity index (χ0v) is 8.49. The van der Waals surface area contributed by atoms with Crippen LogP contribution in [-0.4, -0.2) is 34.6 Å². The van der Waals surface area contributed by atoms with E-state index in [1.165, 1.54) is 6.42 Å². The molecule has 2 atom stereocenters. The van der Waals surface area contributed by atoms with Crippen LogP contribution in [-0.2, 0) is 4.79 Å². The molecule has 0 spiro atoms. The standard InChI is InChI=1S/C10H19NO2/c1-3-9-6-4-5-7-11(9)8(2)10(12)13/h8-9H,3-7H2,1-2H3,(H,12,13). The summed E-state index contributed by atoms with van der Waals surface area (Å²) in [5.74, 6) is -0.694. The molecule has 0 aliphatic carbocycles. The van der Waals surface area contributed by atoms with E-state index >= 15 is 0 Å². The van der Waals surface area contributed by atoms with E-state index in [1.54, 1.807) is 6.92 Å². The van der Waals surface area contributed by atoms with Crippen molar-refractivity contribution in [2.75, 3.05) is 6.54 Å². The van der Waals surface area contributed by atoms with Gasteiger partial charge in [-0.2, -0.15) is 0 Å². The van der Waals surface area contributed by atoms with Crippen LogP contribution in [0.4, 0.5) is 0 Å². The number of carbonyl (C=O) groups is 1. The van der Waals surface area contributed by atoms with Crippen molar-refractivity contribution in [3.05, 3.63) is 0 Å². The van der Waals surface area contributed by atoms with E-state index in [9.17, 15) is 4.79 Å². The van der Waals surface area contributed by atoms with Crippen LogP contribution in [0.1, 0.15) is 39.5 Å². The van der Waals surface area contributed by atoms with Crippen LogP contribution in [0.3, 0.4) is 0 Å². The average molecular weight is 185 g/mol. The first-order valence-electron chi connectivity index (χ1n) is 5.15. The van der Waals surface area contributed by atoms with E-state index in [0.29, 0.717) is 6.04 Å². The lowest BCUT2D eigenvalue weighted by molar-refractivity contribution is -0.144. The fraction of sp³-hybridized carbons (Fsp3) is 0.900. The highest BCUT2D eigenvalue weighted by molar-refractivity contribution is 5.72. The minimum atomic E-state index is -0.694. The molecule has 2 unspecified atom stereocenters. The minimum absolute atomic E-state index is 0.315. The third-order valence-corrected chi connectivity index (χ3v) is 3.00. The predicted molar refractivity (Wildman–Crippen MR) is 51.7 cm³/mol. The van der Waals surface area contributed by atoms with Crippen molar-refractivity contribution in [3.63, 3.8) is 0 Å². The van der Waals surface area contributed by atoms with Gasteiger partial charge in [0.2, 0.25) is 0 Å². The molecule has 1 saturated heterocycles. The van der Waals surface area contributed by atoms with Gasteiger partial charge in [-0.3, -0.25) is 9.69 Å². The van der Waals surface area contributed by atoms with Gasteiger partial charge in [-0.05, 0) is 32.7 Å². The van der Waals surface area contributed by atoms with Crippen LogP contribution in [0.25, 0.3) is 0 Å². The second-order valence-electron chi connectivity index (χ2n) is 3.81. The monoisotopic (exact) mass is 185 g/mol. The smallest absolute Gasteiger partial charge is 0.320 e. The number of hydrogen-bond acceptors (Lipinski definition) is 2. The van der Waals surface area contributed by atoms with Gasteiger partial charge in [0, 0.05) is 6.04 Å². The number of carboxylic acid groups (broad SMARTS) is 1. The van der Waals surface area contributed by atoms with Crippen molar-refractivity contribution in [3.8, 4) is 0 Å². The minimum Gasteiger partial charge on any atom is -0.480 e. The van der Waals surface area contributed by atoms with Crippen LogP contribution in [0.2, 0.25) is 0 Å². The Labute approximate surface area is 79.7 Å². The molecule has 1 N–H and O–H groups in total. The van der Waals surface area contributed by atoms with Crippen LogP contribution < -0.4 is 0 Å². The normalized spacial score (nSPS) is 27.1. The van der Waals surface area contributed by atoms with Crippen molar-refractivity contribution in [2.45, 2.75) is 51.6 Å². The predicted octanol–water partition coefficient (Wildman–Crippen LogP) is 1.72.